The van der Waals surface area contributed by atoms with E-state index in [1.165, 1.54) is 4.90 Å². The van der Waals surface area contributed by atoms with Crippen molar-refractivity contribution in [3.05, 3.63) is 35.9 Å². The van der Waals surface area contributed by atoms with Gasteiger partial charge >= 0.3 is 6.09 Å². The molecule has 2 amide bonds. The van der Waals surface area contributed by atoms with Gasteiger partial charge in [-0.25, -0.2) is 4.79 Å². The lowest BCUT2D eigenvalue weighted by Crippen LogP contribution is -2.53. The van der Waals surface area contributed by atoms with Crippen molar-refractivity contribution in [2.75, 3.05) is 40.8 Å². The quantitative estimate of drug-likeness (QED) is 0.732. The molecule has 162 valence electrons. The van der Waals surface area contributed by atoms with Crippen molar-refractivity contribution in [3.63, 3.8) is 0 Å². The number of ether oxygens (including phenoxy) is 1. The molecule has 1 unspecified atom stereocenters. The average molecular weight is 404 g/mol. The molecule has 0 aromatic heterocycles. The maximum Gasteiger partial charge on any atom is 0.410 e. The minimum Gasteiger partial charge on any atom is -0.444 e. The van der Waals surface area contributed by atoms with Crippen molar-refractivity contribution in [1.82, 2.24) is 14.7 Å². The van der Waals surface area contributed by atoms with Crippen molar-refractivity contribution >= 4 is 12.0 Å². The number of carbonyl (C=O) groups excluding carboxylic acids is 2. The van der Waals surface area contributed by atoms with Gasteiger partial charge in [0.2, 0.25) is 5.91 Å². The number of likely N-dealkylation sites (N-methyl/N-ethyl adjacent to an activating group) is 1. The summed E-state index contributed by atoms with van der Waals surface area (Å²) in [6.45, 7) is 8.04. The zero-order valence-corrected chi connectivity index (χ0v) is 18.9. The molecule has 6 heteroatoms. The number of piperidine rings is 1. The van der Waals surface area contributed by atoms with E-state index in [0.29, 0.717) is 12.3 Å². The Morgan fingerprint density at radius 2 is 1.69 bits per heavy atom. The molecular formula is C23H37N3O3. The van der Waals surface area contributed by atoms with E-state index >= 15 is 0 Å². The average Bonchev–Trinajstić information content (AvgIpc) is 2.64. The summed E-state index contributed by atoms with van der Waals surface area (Å²) in [5.41, 5.74) is 0.430. The van der Waals surface area contributed by atoms with Gasteiger partial charge in [-0.2, -0.15) is 0 Å². The Balaban J connectivity index is 2.12. The number of nitrogens with zero attached hydrogens (tertiary/aromatic N) is 3. The fourth-order valence-corrected chi connectivity index (χ4v) is 3.75. The predicted molar refractivity (Wildman–Crippen MR) is 116 cm³/mol. The van der Waals surface area contributed by atoms with Crippen molar-refractivity contribution in [1.29, 1.82) is 0 Å². The Kier molecular flexibility index (Phi) is 8.08. The summed E-state index contributed by atoms with van der Waals surface area (Å²) in [6, 6.07) is 9.28. The predicted octanol–water partition coefficient (Wildman–Crippen LogP) is 3.26. The van der Waals surface area contributed by atoms with Crippen molar-refractivity contribution in [3.8, 4) is 0 Å². The molecule has 1 aliphatic heterocycles. The fourth-order valence-electron chi connectivity index (χ4n) is 3.75. The number of carbonyl (C=O) groups is 2. The van der Waals surface area contributed by atoms with Crippen LogP contribution in [-0.4, -0.2) is 79.1 Å². The highest BCUT2D eigenvalue weighted by molar-refractivity contribution is 5.86. The Hall–Kier alpha value is -2.08. The van der Waals surface area contributed by atoms with E-state index < -0.39 is 17.7 Å². The second kappa shape index (κ2) is 10.1. The smallest absolute Gasteiger partial charge is 0.410 e. The van der Waals surface area contributed by atoms with Gasteiger partial charge in [-0.1, -0.05) is 30.3 Å². The van der Waals surface area contributed by atoms with E-state index in [4.69, 9.17) is 4.74 Å². The van der Waals surface area contributed by atoms with Crippen LogP contribution in [0, 0.1) is 5.92 Å². The molecule has 2 rings (SSSR count). The number of amides is 2. The monoisotopic (exact) mass is 403 g/mol. The molecule has 0 spiro atoms. The maximum atomic E-state index is 13.4. The third-order valence-corrected chi connectivity index (χ3v) is 5.26. The normalized spacial score (nSPS) is 16.6. The highest BCUT2D eigenvalue weighted by Gasteiger charge is 2.34. The summed E-state index contributed by atoms with van der Waals surface area (Å²) in [4.78, 5) is 31.7. The molecule has 1 aliphatic rings. The van der Waals surface area contributed by atoms with Gasteiger partial charge < -0.3 is 14.5 Å². The molecule has 1 aromatic carbocycles. The lowest BCUT2D eigenvalue weighted by molar-refractivity contribution is -0.138. The molecule has 0 radical (unpaired) electrons. The van der Waals surface area contributed by atoms with Crippen LogP contribution in [0.2, 0.25) is 0 Å². The van der Waals surface area contributed by atoms with Crippen LogP contribution >= 0.6 is 0 Å². The van der Waals surface area contributed by atoms with Gasteiger partial charge in [0.05, 0.1) is 0 Å². The van der Waals surface area contributed by atoms with Crippen LogP contribution in [0.25, 0.3) is 0 Å². The summed E-state index contributed by atoms with van der Waals surface area (Å²) in [6.07, 6.45) is 2.01. The molecule has 1 fully saturated rings. The third-order valence-electron chi connectivity index (χ3n) is 5.26. The summed E-state index contributed by atoms with van der Waals surface area (Å²) < 4.78 is 5.53. The standard InChI is InChI=1S/C23H37N3O3/c1-23(2,3)29-22(28)25(6)20(16-18-10-8-7-9-11-18)21(27)26-14-12-19(13-15-26)17-24(4)5/h7-11,19-20H,12-17H2,1-6H3. The van der Waals surface area contributed by atoms with Crippen LogP contribution in [0.5, 0.6) is 0 Å². The molecule has 0 aliphatic carbocycles. The van der Waals surface area contributed by atoms with E-state index in [-0.39, 0.29) is 5.91 Å². The van der Waals surface area contributed by atoms with Crippen LogP contribution in [0.15, 0.2) is 30.3 Å². The lowest BCUT2D eigenvalue weighted by Gasteiger charge is -2.37. The number of hydrogen-bond donors (Lipinski definition) is 0. The molecule has 0 saturated carbocycles. The van der Waals surface area contributed by atoms with E-state index in [0.717, 1.165) is 38.0 Å². The minimum absolute atomic E-state index is 0.00511. The number of likely N-dealkylation sites (tertiary alicyclic amines) is 1. The van der Waals surface area contributed by atoms with Gasteiger partial charge in [0.25, 0.3) is 0 Å². The molecular weight excluding hydrogens is 366 g/mol. The lowest BCUT2D eigenvalue weighted by atomic mass is 9.95. The van der Waals surface area contributed by atoms with Crippen molar-refractivity contribution < 1.29 is 14.3 Å². The Morgan fingerprint density at radius 3 is 2.21 bits per heavy atom. The Labute approximate surface area is 175 Å². The second-order valence-electron chi connectivity index (χ2n) is 9.33. The van der Waals surface area contributed by atoms with E-state index in [9.17, 15) is 9.59 Å². The third kappa shape index (κ3) is 7.35. The van der Waals surface area contributed by atoms with Crippen LogP contribution in [-0.2, 0) is 16.0 Å². The fraction of sp³-hybridized carbons (Fsp3) is 0.652. The molecule has 0 N–H and O–H groups in total. The summed E-state index contributed by atoms with van der Waals surface area (Å²) >= 11 is 0. The van der Waals surface area contributed by atoms with E-state index in [1.54, 1.807) is 7.05 Å². The van der Waals surface area contributed by atoms with Gasteiger partial charge in [0, 0.05) is 33.1 Å². The first-order valence-corrected chi connectivity index (χ1v) is 10.5. The van der Waals surface area contributed by atoms with Crippen LogP contribution < -0.4 is 0 Å². The SMILES string of the molecule is CN(C)CC1CCN(C(=O)C(Cc2ccccc2)N(C)C(=O)OC(C)(C)C)CC1. The second-order valence-corrected chi connectivity index (χ2v) is 9.33. The van der Waals surface area contributed by atoms with Crippen LogP contribution in [0.1, 0.15) is 39.2 Å². The van der Waals surface area contributed by atoms with Gasteiger partial charge in [0.15, 0.2) is 0 Å². The molecule has 1 aromatic rings. The van der Waals surface area contributed by atoms with Crippen LogP contribution in [0.3, 0.4) is 0 Å². The first-order chi connectivity index (χ1) is 13.6. The first kappa shape index (κ1) is 23.2. The highest BCUT2D eigenvalue weighted by Crippen LogP contribution is 2.21. The molecule has 1 atom stereocenters. The Morgan fingerprint density at radius 1 is 1.10 bits per heavy atom. The van der Waals surface area contributed by atoms with Gasteiger partial charge in [-0.15, -0.1) is 0 Å². The van der Waals surface area contributed by atoms with Crippen molar-refractivity contribution in [2.45, 2.75) is 51.7 Å². The van der Waals surface area contributed by atoms with Gasteiger partial charge in [-0.05, 0) is 59.2 Å². The molecule has 6 nitrogen and oxygen atoms in total. The summed E-state index contributed by atoms with van der Waals surface area (Å²) in [5.74, 6) is 0.621. The Bertz CT molecular complexity index is 662. The van der Waals surface area contributed by atoms with Gasteiger partial charge in [0.1, 0.15) is 11.6 Å². The zero-order chi connectivity index (χ0) is 21.6. The molecule has 1 heterocycles. The zero-order valence-electron chi connectivity index (χ0n) is 18.9. The summed E-state index contributed by atoms with van der Waals surface area (Å²) in [7, 11) is 5.84. The van der Waals surface area contributed by atoms with Crippen LogP contribution in [0.4, 0.5) is 4.79 Å². The van der Waals surface area contributed by atoms with E-state index in [2.05, 4.69) is 19.0 Å². The summed E-state index contributed by atoms with van der Waals surface area (Å²) in [5, 5.41) is 0. The largest absolute Gasteiger partial charge is 0.444 e. The number of rotatable bonds is 6. The highest BCUT2D eigenvalue weighted by atomic mass is 16.6. The molecule has 29 heavy (non-hydrogen) atoms. The van der Waals surface area contributed by atoms with Crippen molar-refractivity contribution in [2.24, 2.45) is 5.92 Å². The first-order valence-electron chi connectivity index (χ1n) is 10.5. The molecule has 0 bridgehead atoms. The van der Waals surface area contributed by atoms with Gasteiger partial charge in [-0.3, -0.25) is 9.69 Å². The minimum atomic E-state index is -0.601. The topological polar surface area (TPSA) is 53.1 Å². The number of hydrogen-bond acceptors (Lipinski definition) is 4. The van der Waals surface area contributed by atoms with E-state index in [1.807, 2.05) is 56.0 Å². The molecule has 1 saturated heterocycles. The maximum absolute atomic E-state index is 13.4. The number of benzene rings is 1.